The van der Waals surface area contributed by atoms with Gasteiger partial charge in [0, 0.05) is 12.2 Å². The highest BCUT2D eigenvalue weighted by Crippen LogP contribution is 2.37. The number of hydrogen-bond acceptors (Lipinski definition) is 4. The highest BCUT2D eigenvalue weighted by Gasteiger charge is 2.45. The Labute approximate surface area is 122 Å². The molecule has 116 valence electrons. The predicted octanol–water partition coefficient (Wildman–Crippen LogP) is 1.53. The van der Waals surface area contributed by atoms with E-state index in [0.29, 0.717) is 12.8 Å². The van der Waals surface area contributed by atoms with Crippen LogP contribution in [0.4, 0.5) is 4.39 Å². The number of sulfonamides is 1. The van der Waals surface area contributed by atoms with Crippen LogP contribution in [0.5, 0.6) is 0 Å². The summed E-state index contributed by atoms with van der Waals surface area (Å²) in [4.78, 5) is 15.0. The minimum absolute atomic E-state index is 0.375. The summed E-state index contributed by atoms with van der Waals surface area (Å²) in [6.45, 7) is 1.51. The van der Waals surface area contributed by atoms with Gasteiger partial charge in [-0.15, -0.1) is 0 Å². The Kier molecular flexibility index (Phi) is 4.29. The van der Waals surface area contributed by atoms with Crippen molar-refractivity contribution in [3.8, 4) is 0 Å². The van der Waals surface area contributed by atoms with Crippen LogP contribution in [0.2, 0.25) is 0 Å². The van der Waals surface area contributed by atoms with Crippen molar-refractivity contribution in [1.82, 2.24) is 9.71 Å². The van der Waals surface area contributed by atoms with E-state index >= 15 is 0 Å². The molecule has 0 amide bonds. The van der Waals surface area contributed by atoms with Crippen molar-refractivity contribution < 1.29 is 22.7 Å². The molecule has 1 fully saturated rings. The number of nitrogens with one attached hydrogen (secondary N) is 1. The Hall–Kier alpha value is -1.54. The van der Waals surface area contributed by atoms with E-state index < -0.39 is 38.3 Å². The fraction of sp³-hybridized carbons (Fsp3) is 0.538. The van der Waals surface area contributed by atoms with Gasteiger partial charge in [-0.1, -0.05) is 12.8 Å². The molecule has 8 heteroatoms. The number of nitrogens with zero attached hydrogens (tertiary/aromatic N) is 1. The lowest BCUT2D eigenvalue weighted by Gasteiger charge is -2.37. The van der Waals surface area contributed by atoms with Crippen LogP contribution in [0, 0.1) is 11.2 Å². The first-order valence-corrected chi connectivity index (χ1v) is 8.12. The monoisotopic (exact) mass is 316 g/mol. The number of aliphatic carboxylic acids is 1. The van der Waals surface area contributed by atoms with Crippen LogP contribution in [0.3, 0.4) is 0 Å². The van der Waals surface area contributed by atoms with Gasteiger partial charge in [-0.25, -0.2) is 22.5 Å². The van der Waals surface area contributed by atoms with Crippen molar-refractivity contribution in [1.29, 1.82) is 0 Å². The molecule has 1 aromatic heterocycles. The summed E-state index contributed by atoms with van der Waals surface area (Å²) in [5, 5.41) is 8.66. The van der Waals surface area contributed by atoms with Crippen molar-refractivity contribution in [3.05, 3.63) is 24.1 Å². The lowest BCUT2D eigenvalue weighted by molar-refractivity contribution is -0.151. The molecule has 0 spiro atoms. The zero-order valence-electron chi connectivity index (χ0n) is 11.5. The van der Waals surface area contributed by atoms with Gasteiger partial charge in [0.05, 0.1) is 5.41 Å². The van der Waals surface area contributed by atoms with Gasteiger partial charge < -0.3 is 5.11 Å². The Morgan fingerprint density at radius 2 is 2.24 bits per heavy atom. The van der Waals surface area contributed by atoms with Crippen molar-refractivity contribution >= 4 is 16.0 Å². The number of rotatable bonds is 4. The van der Waals surface area contributed by atoms with E-state index in [2.05, 4.69) is 9.71 Å². The summed E-state index contributed by atoms with van der Waals surface area (Å²) in [7, 11) is -4.19. The second-order valence-electron chi connectivity index (χ2n) is 5.43. The average molecular weight is 316 g/mol. The molecule has 2 atom stereocenters. The van der Waals surface area contributed by atoms with Gasteiger partial charge in [0.2, 0.25) is 5.03 Å². The first-order chi connectivity index (χ1) is 9.77. The number of aromatic nitrogens is 1. The molecule has 1 heterocycles. The third-order valence-corrected chi connectivity index (χ3v) is 5.38. The lowest BCUT2D eigenvalue weighted by Crippen LogP contribution is -2.52. The molecule has 1 saturated carbocycles. The Bertz CT molecular complexity index is 649. The van der Waals surface area contributed by atoms with E-state index in [1.165, 1.54) is 19.2 Å². The molecule has 6 nitrogen and oxygen atoms in total. The van der Waals surface area contributed by atoms with Crippen molar-refractivity contribution in [2.75, 3.05) is 0 Å². The second-order valence-corrected chi connectivity index (χ2v) is 7.06. The molecule has 0 radical (unpaired) electrons. The first-order valence-electron chi connectivity index (χ1n) is 6.63. The topological polar surface area (TPSA) is 96.4 Å². The van der Waals surface area contributed by atoms with Crippen LogP contribution >= 0.6 is 0 Å². The van der Waals surface area contributed by atoms with E-state index in [1.807, 2.05) is 0 Å². The predicted molar refractivity (Wildman–Crippen MR) is 72.5 cm³/mol. The number of pyridine rings is 1. The van der Waals surface area contributed by atoms with Crippen LogP contribution in [-0.2, 0) is 14.8 Å². The van der Waals surface area contributed by atoms with Gasteiger partial charge in [-0.2, -0.15) is 0 Å². The first kappa shape index (κ1) is 15.8. The molecule has 1 aliphatic rings. The average Bonchev–Trinajstić information content (AvgIpc) is 2.41. The zero-order chi connectivity index (χ0) is 15.7. The fourth-order valence-corrected chi connectivity index (χ4v) is 3.98. The minimum atomic E-state index is -4.19. The summed E-state index contributed by atoms with van der Waals surface area (Å²) >= 11 is 0. The van der Waals surface area contributed by atoms with E-state index in [9.17, 15) is 22.7 Å². The third kappa shape index (κ3) is 3.06. The van der Waals surface area contributed by atoms with Gasteiger partial charge >= 0.3 is 5.97 Å². The molecule has 2 N–H and O–H groups in total. The smallest absolute Gasteiger partial charge is 0.310 e. The summed E-state index contributed by atoms with van der Waals surface area (Å²) in [6.07, 6.45) is 3.39. The molecule has 2 unspecified atom stereocenters. The molecular formula is C13H17FN2O4S. The van der Waals surface area contributed by atoms with Gasteiger partial charge in [-0.05, 0) is 31.9 Å². The van der Waals surface area contributed by atoms with Crippen molar-refractivity contribution in [2.45, 2.75) is 43.7 Å². The molecule has 0 aliphatic heterocycles. The van der Waals surface area contributed by atoms with Gasteiger partial charge in [0.15, 0.2) is 5.82 Å². The molecule has 21 heavy (non-hydrogen) atoms. The van der Waals surface area contributed by atoms with Crippen LogP contribution in [-0.4, -0.2) is 30.5 Å². The Morgan fingerprint density at radius 3 is 2.86 bits per heavy atom. The van der Waals surface area contributed by atoms with Crippen LogP contribution < -0.4 is 4.72 Å². The maximum Gasteiger partial charge on any atom is 0.310 e. The number of carboxylic acids is 1. The highest BCUT2D eigenvalue weighted by molar-refractivity contribution is 7.89. The highest BCUT2D eigenvalue weighted by atomic mass is 32.2. The van der Waals surface area contributed by atoms with Crippen molar-refractivity contribution in [3.63, 3.8) is 0 Å². The fourth-order valence-electron chi connectivity index (χ4n) is 2.59. The summed E-state index contributed by atoms with van der Waals surface area (Å²) < 4.78 is 40.4. The number of carboxylic acid groups (broad SMARTS) is 1. The van der Waals surface area contributed by atoms with Gasteiger partial charge in [0.25, 0.3) is 10.0 Å². The Morgan fingerprint density at radius 1 is 1.52 bits per heavy atom. The van der Waals surface area contributed by atoms with Crippen LogP contribution in [0.1, 0.15) is 32.6 Å². The minimum Gasteiger partial charge on any atom is -0.481 e. The summed E-state index contributed by atoms with van der Waals surface area (Å²) in [6, 6.07) is 1.50. The maximum atomic E-state index is 13.6. The molecule has 0 saturated heterocycles. The van der Waals surface area contributed by atoms with E-state index in [-0.39, 0.29) is 0 Å². The quantitative estimate of drug-likeness (QED) is 0.878. The SMILES string of the molecule is CC1(C(=O)O)CCCCC1NS(=O)(=O)c1ncccc1F. The van der Waals surface area contributed by atoms with Crippen molar-refractivity contribution in [2.24, 2.45) is 5.41 Å². The van der Waals surface area contributed by atoms with Gasteiger partial charge in [0.1, 0.15) is 0 Å². The molecule has 1 aliphatic carbocycles. The standard InChI is InChI=1S/C13H17FN2O4S/c1-13(12(17)18)7-3-2-6-10(13)16-21(19,20)11-9(14)5-4-8-15-11/h4-5,8,10,16H,2-3,6-7H2,1H3,(H,17,18). The molecular weight excluding hydrogens is 299 g/mol. The third-order valence-electron chi connectivity index (χ3n) is 3.97. The zero-order valence-corrected chi connectivity index (χ0v) is 12.4. The van der Waals surface area contributed by atoms with E-state index in [0.717, 1.165) is 18.9 Å². The Balaban J connectivity index is 2.31. The molecule has 2 rings (SSSR count). The molecule has 1 aromatic rings. The summed E-state index contributed by atoms with van der Waals surface area (Å²) in [5.74, 6) is -2.02. The van der Waals surface area contributed by atoms with E-state index in [1.54, 1.807) is 0 Å². The normalized spacial score (nSPS) is 26.5. The molecule has 0 aromatic carbocycles. The van der Waals surface area contributed by atoms with Crippen LogP contribution in [0.25, 0.3) is 0 Å². The lowest BCUT2D eigenvalue weighted by atomic mass is 9.72. The number of hydrogen-bond donors (Lipinski definition) is 2. The summed E-state index contributed by atoms with van der Waals surface area (Å²) in [5.41, 5.74) is -1.20. The largest absolute Gasteiger partial charge is 0.481 e. The number of carbonyl (C=O) groups is 1. The maximum absolute atomic E-state index is 13.6. The number of halogens is 1. The van der Waals surface area contributed by atoms with Gasteiger partial charge in [-0.3, -0.25) is 4.79 Å². The van der Waals surface area contributed by atoms with Crippen LogP contribution in [0.15, 0.2) is 23.4 Å². The molecule has 0 bridgehead atoms. The second kappa shape index (κ2) is 5.69. The van der Waals surface area contributed by atoms with E-state index in [4.69, 9.17) is 0 Å².